The molecule has 1 aliphatic rings. The van der Waals surface area contributed by atoms with Crippen molar-refractivity contribution in [1.82, 2.24) is 9.80 Å². The summed E-state index contributed by atoms with van der Waals surface area (Å²) >= 11 is 0. The molecule has 2 atom stereocenters. The Morgan fingerprint density at radius 1 is 1.17 bits per heavy atom. The third-order valence-electron chi connectivity index (χ3n) is 4.97. The van der Waals surface area contributed by atoms with E-state index in [4.69, 9.17) is 5.11 Å². The van der Waals surface area contributed by atoms with Gasteiger partial charge in [0.25, 0.3) is 0 Å². The highest BCUT2D eigenvalue weighted by Gasteiger charge is 2.28. The van der Waals surface area contributed by atoms with Gasteiger partial charge in [0.15, 0.2) is 5.78 Å². The Hall–Kier alpha value is -1.23. The molecular weight excluding hydrogens is 300 g/mol. The van der Waals surface area contributed by atoms with Crippen molar-refractivity contribution in [2.24, 2.45) is 5.92 Å². The van der Waals surface area contributed by atoms with Gasteiger partial charge in [-0.25, -0.2) is 0 Å². The maximum atomic E-state index is 11.5. The number of hydrogen-bond acceptors (Lipinski definition) is 4. The summed E-state index contributed by atoms with van der Waals surface area (Å²) in [5, 5.41) is 8.92. The van der Waals surface area contributed by atoms with Gasteiger partial charge in [0.2, 0.25) is 0 Å². The van der Waals surface area contributed by atoms with Crippen molar-refractivity contribution in [3.63, 3.8) is 0 Å². The number of Topliss-reactive ketones (excluding diaryl/α,β-unsaturated/α-hetero) is 1. The quantitative estimate of drug-likeness (QED) is 0.780. The van der Waals surface area contributed by atoms with Crippen LogP contribution in [0.4, 0.5) is 0 Å². The number of aliphatic hydroxyl groups is 1. The standard InChI is InChI=1S/C20H32N2O2/c1-15(2)9-10-22-16(3)11-21(12-17(22)4)13-18-5-7-19(8-6-18)20(24)14-23/h5-8,15-17,23H,9-14H2,1-4H3/t16-,17+. The summed E-state index contributed by atoms with van der Waals surface area (Å²) in [4.78, 5) is 16.6. The van der Waals surface area contributed by atoms with E-state index < -0.39 is 6.61 Å². The summed E-state index contributed by atoms with van der Waals surface area (Å²) in [7, 11) is 0. The summed E-state index contributed by atoms with van der Waals surface area (Å²) < 4.78 is 0. The van der Waals surface area contributed by atoms with Crippen LogP contribution in [0.5, 0.6) is 0 Å². The first-order chi connectivity index (χ1) is 11.4. The Morgan fingerprint density at radius 3 is 2.25 bits per heavy atom. The minimum absolute atomic E-state index is 0.220. The Bertz CT molecular complexity index is 515. The van der Waals surface area contributed by atoms with Gasteiger partial charge in [-0.15, -0.1) is 0 Å². The predicted octanol–water partition coefficient (Wildman–Crippen LogP) is 2.80. The van der Waals surface area contributed by atoms with E-state index in [1.807, 2.05) is 24.3 Å². The lowest BCUT2D eigenvalue weighted by molar-refractivity contribution is 0.0320. The lowest BCUT2D eigenvalue weighted by atomic mass is 10.0. The molecule has 134 valence electrons. The largest absolute Gasteiger partial charge is 0.388 e. The van der Waals surface area contributed by atoms with Gasteiger partial charge >= 0.3 is 0 Å². The maximum absolute atomic E-state index is 11.5. The number of carbonyl (C=O) groups is 1. The van der Waals surface area contributed by atoms with Crippen LogP contribution in [0.15, 0.2) is 24.3 Å². The highest BCUT2D eigenvalue weighted by Crippen LogP contribution is 2.19. The number of piperazine rings is 1. The average molecular weight is 332 g/mol. The maximum Gasteiger partial charge on any atom is 0.188 e. The molecule has 1 saturated heterocycles. The first-order valence-electron chi connectivity index (χ1n) is 9.11. The molecule has 2 rings (SSSR count). The Kier molecular flexibility index (Phi) is 6.96. The molecule has 1 N–H and O–H groups in total. The minimum atomic E-state index is -0.424. The van der Waals surface area contributed by atoms with Gasteiger partial charge in [0, 0.05) is 37.3 Å². The van der Waals surface area contributed by atoms with Crippen molar-refractivity contribution in [1.29, 1.82) is 0 Å². The number of carbonyl (C=O) groups excluding carboxylic acids is 1. The van der Waals surface area contributed by atoms with E-state index in [1.165, 1.54) is 18.5 Å². The van der Waals surface area contributed by atoms with Crippen molar-refractivity contribution in [3.05, 3.63) is 35.4 Å². The first-order valence-corrected chi connectivity index (χ1v) is 9.11. The smallest absolute Gasteiger partial charge is 0.188 e. The molecule has 24 heavy (non-hydrogen) atoms. The zero-order valence-corrected chi connectivity index (χ0v) is 15.5. The van der Waals surface area contributed by atoms with E-state index in [1.54, 1.807) is 0 Å². The van der Waals surface area contributed by atoms with Crippen LogP contribution in [0.3, 0.4) is 0 Å². The fourth-order valence-corrected chi connectivity index (χ4v) is 3.59. The molecule has 1 heterocycles. The highest BCUT2D eigenvalue weighted by molar-refractivity contribution is 5.96. The molecule has 0 amide bonds. The van der Waals surface area contributed by atoms with Gasteiger partial charge in [0.05, 0.1) is 0 Å². The second-order valence-corrected chi connectivity index (χ2v) is 7.59. The number of rotatable bonds is 7. The van der Waals surface area contributed by atoms with E-state index in [9.17, 15) is 4.79 Å². The summed E-state index contributed by atoms with van der Waals surface area (Å²) in [6, 6.07) is 8.79. The van der Waals surface area contributed by atoms with Crippen molar-refractivity contribution < 1.29 is 9.90 Å². The molecular formula is C20H32N2O2. The minimum Gasteiger partial charge on any atom is -0.388 e. The first kappa shape index (κ1) is 19.1. The van der Waals surface area contributed by atoms with Gasteiger partial charge in [-0.05, 0) is 38.3 Å². The van der Waals surface area contributed by atoms with Gasteiger partial charge in [-0.3, -0.25) is 14.6 Å². The average Bonchev–Trinajstić information content (AvgIpc) is 2.53. The lowest BCUT2D eigenvalue weighted by Gasteiger charge is -2.45. The molecule has 0 aromatic heterocycles. The summed E-state index contributed by atoms with van der Waals surface area (Å²) in [5.74, 6) is 0.533. The molecule has 1 fully saturated rings. The SMILES string of the molecule is CC(C)CCN1[C@H](C)CN(Cc2ccc(C(=O)CO)cc2)C[C@@H]1C. The summed E-state index contributed by atoms with van der Waals surface area (Å²) in [5.41, 5.74) is 1.81. The number of benzene rings is 1. The third kappa shape index (κ3) is 5.13. The number of hydrogen-bond donors (Lipinski definition) is 1. The van der Waals surface area contributed by atoms with E-state index in [0.29, 0.717) is 17.6 Å². The molecule has 0 bridgehead atoms. The zero-order chi connectivity index (χ0) is 17.7. The zero-order valence-electron chi connectivity index (χ0n) is 15.5. The van der Waals surface area contributed by atoms with E-state index >= 15 is 0 Å². The van der Waals surface area contributed by atoms with Crippen LogP contribution in [0.2, 0.25) is 0 Å². The Morgan fingerprint density at radius 2 is 1.75 bits per heavy atom. The summed E-state index contributed by atoms with van der Waals surface area (Å²) in [6.07, 6.45) is 1.26. The fraction of sp³-hybridized carbons (Fsp3) is 0.650. The van der Waals surface area contributed by atoms with E-state index in [-0.39, 0.29) is 5.78 Å². The summed E-state index contributed by atoms with van der Waals surface area (Å²) in [6.45, 7) is 13.1. The van der Waals surface area contributed by atoms with Crippen molar-refractivity contribution >= 4 is 5.78 Å². The van der Waals surface area contributed by atoms with Crippen LogP contribution in [-0.4, -0.2) is 59.0 Å². The number of nitrogens with zero attached hydrogens (tertiary/aromatic N) is 2. The van der Waals surface area contributed by atoms with E-state index in [0.717, 1.165) is 25.6 Å². The molecule has 0 radical (unpaired) electrons. The van der Waals surface area contributed by atoms with Crippen LogP contribution in [0, 0.1) is 5.92 Å². The van der Waals surface area contributed by atoms with Crippen LogP contribution in [0.1, 0.15) is 50.0 Å². The predicted molar refractivity (Wildman–Crippen MR) is 98.2 cm³/mol. The molecule has 4 nitrogen and oxygen atoms in total. The topological polar surface area (TPSA) is 43.8 Å². The molecule has 1 aliphatic heterocycles. The normalized spacial score (nSPS) is 22.9. The molecule has 4 heteroatoms. The fourth-order valence-electron chi connectivity index (χ4n) is 3.59. The lowest BCUT2D eigenvalue weighted by Crippen LogP contribution is -2.56. The van der Waals surface area contributed by atoms with Gasteiger partial charge in [-0.2, -0.15) is 0 Å². The molecule has 0 saturated carbocycles. The third-order valence-corrected chi connectivity index (χ3v) is 4.97. The van der Waals surface area contributed by atoms with Crippen LogP contribution >= 0.6 is 0 Å². The Balaban J connectivity index is 1.91. The van der Waals surface area contributed by atoms with E-state index in [2.05, 4.69) is 37.5 Å². The molecule has 0 aliphatic carbocycles. The van der Waals surface area contributed by atoms with Crippen molar-refractivity contribution in [2.75, 3.05) is 26.2 Å². The van der Waals surface area contributed by atoms with Crippen molar-refractivity contribution in [2.45, 2.75) is 52.7 Å². The van der Waals surface area contributed by atoms with Crippen LogP contribution in [0.25, 0.3) is 0 Å². The van der Waals surface area contributed by atoms with Crippen molar-refractivity contribution in [3.8, 4) is 0 Å². The molecule has 1 aromatic rings. The number of aliphatic hydroxyl groups excluding tert-OH is 1. The van der Waals surface area contributed by atoms with Crippen LogP contribution < -0.4 is 0 Å². The van der Waals surface area contributed by atoms with Gasteiger partial charge in [0.1, 0.15) is 6.61 Å². The second-order valence-electron chi connectivity index (χ2n) is 7.59. The number of ketones is 1. The van der Waals surface area contributed by atoms with Gasteiger partial charge in [-0.1, -0.05) is 38.1 Å². The Labute approximate surface area is 146 Å². The second kappa shape index (κ2) is 8.75. The molecule has 1 aromatic carbocycles. The van der Waals surface area contributed by atoms with Crippen LogP contribution in [-0.2, 0) is 6.54 Å². The highest BCUT2D eigenvalue weighted by atomic mass is 16.3. The molecule has 0 spiro atoms. The molecule has 0 unspecified atom stereocenters. The monoisotopic (exact) mass is 332 g/mol. The van der Waals surface area contributed by atoms with Gasteiger partial charge < -0.3 is 5.11 Å².